The maximum atomic E-state index is 12.5. The topological polar surface area (TPSA) is 60.2 Å². The van der Waals surface area contributed by atoms with E-state index in [4.69, 9.17) is 4.74 Å². The number of aromatic nitrogens is 3. The molecule has 0 spiro atoms. The summed E-state index contributed by atoms with van der Waals surface area (Å²) in [5.74, 6) is 0. The van der Waals surface area contributed by atoms with Crippen LogP contribution in [0, 0.1) is 0 Å². The molecule has 1 atom stereocenters. The Labute approximate surface area is 150 Å². The van der Waals surface area contributed by atoms with Crippen molar-refractivity contribution in [1.82, 2.24) is 19.9 Å². The second-order valence-electron chi connectivity index (χ2n) is 7.20. The van der Waals surface area contributed by atoms with E-state index in [1.807, 2.05) is 48.6 Å². The maximum Gasteiger partial charge on any atom is 0.410 e. The number of benzene rings is 1. The van der Waals surface area contributed by atoms with Gasteiger partial charge in [-0.15, -0.1) is 5.10 Å². The molecule has 1 aromatic carbocycles. The van der Waals surface area contributed by atoms with E-state index in [0.29, 0.717) is 6.54 Å². The number of likely N-dealkylation sites (tertiary alicyclic amines) is 1. The monoisotopic (exact) mass is 394 g/mol. The molecule has 3 rings (SSSR count). The zero-order valence-electron chi connectivity index (χ0n) is 14.3. The molecular formula is C17H23BrN4O2. The zero-order valence-corrected chi connectivity index (χ0v) is 15.9. The van der Waals surface area contributed by atoms with E-state index in [1.165, 1.54) is 0 Å². The number of hydrogen-bond acceptors (Lipinski definition) is 4. The molecule has 0 aliphatic carbocycles. The fraction of sp³-hybridized carbons (Fsp3) is 0.588. The average Bonchev–Trinajstić information content (AvgIpc) is 2.91. The lowest BCUT2D eigenvalue weighted by Gasteiger charge is -2.36. The van der Waals surface area contributed by atoms with E-state index in [0.717, 1.165) is 41.3 Å². The van der Waals surface area contributed by atoms with Gasteiger partial charge in [0.05, 0.1) is 18.1 Å². The summed E-state index contributed by atoms with van der Waals surface area (Å²) >= 11 is 3.50. The Hall–Kier alpha value is -1.63. The molecule has 2 heterocycles. The number of ether oxygens (including phenoxy) is 1. The van der Waals surface area contributed by atoms with Gasteiger partial charge in [0.2, 0.25) is 0 Å². The van der Waals surface area contributed by atoms with E-state index in [-0.39, 0.29) is 12.1 Å². The molecule has 0 saturated carbocycles. The van der Waals surface area contributed by atoms with E-state index in [2.05, 4.69) is 26.2 Å². The molecule has 1 amide bonds. The lowest BCUT2D eigenvalue weighted by atomic mass is 10.0. The SMILES string of the molecule is CC(C)(C)OC(=O)N1CCCCC1Cn1nnc2c(Br)cccc21. The van der Waals surface area contributed by atoms with Gasteiger partial charge < -0.3 is 9.64 Å². The van der Waals surface area contributed by atoms with Crippen LogP contribution in [0.15, 0.2) is 22.7 Å². The molecular weight excluding hydrogens is 372 g/mol. The van der Waals surface area contributed by atoms with Crippen LogP contribution in [0.25, 0.3) is 11.0 Å². The standard InChI is InChI=1S/C17H23BrN4O2/c1-17(2,3)24-16(23)21-10-5-4-7-12(21)11-22-14-9-6-8-13(18)15(14)19-20-22/h6,8-9,12H,4-5,7,10-11H2,1-3H3. The van der Waals surface area contributed by atoms with Crippen molar-refractivity contribution in [3.8, 4) is 0 Å². The lowest BCUT2D eigenvalue weighted by molar-refractivity contribution is 0.00748. The number of fused-ring (bicyclic) bond motifs is 1. The predicted molar refractivity (Wildman–Crippen MR) is 95.8 cm³/mol. The Bertz CT molecular complexity index is 738. The van der Waals surface area contributed by atoms with Gasteiger partial charge in [0.1, 0.15) is 11.1 Å². The van der Waals surface area contributed by atoms with E-state index in [9.17, 15) is 4.79 Å². The smallest absolute Gasteiger partial charge is 0.410 e. The second kappa shape index (κ2) is 6.70. The first-order chi connectivity index (χ1) is 11.3. The third-order valence-electron chi connectivity index (χ3n) is 4.14. The van der Waals surface area contributed by atoms with E-state index >= 15 is 0 Å². The number of piperidine rings is 1. The maximum absolute atomic E-state index is 12.5. The molecule has 1 saturated heterocycles. The Morgan fingerprint density at radius 3 is 2.92 bits per heavy atom. The van der Waals surface area contributed by atoms with E-state index in [1.54, 1.807) is 0 Å². The van der Waals surface area contributed by atoms with Crippen LogP contribution in [-0.4, -0.2) is 44.2 Å². The first kappa shape index (κ1) is 17.2. The van der Waals surface area contributed by atoms with Gasteiger partial charge in [0, 0.05) is 11.0 Å². The van der Waals surface area contributed by atoms with Gasteiger partial charge in [-0.2, -0.15) is 0 Å². The van der Waals surface area contributed by atoms with Crippen molar-refractivity contribution in [2.75, 3.05) is 6.54 Å². The summed E-state index contributed by atoms with van der Waals surface area (Å²) in [7, 11) is 0. The summed E-state index contributed by atoms with van der Waals surface area (Å²) in [5, 5.41) is 8.52. The number of hydrogen-bond donors (Lipinski definition) is 0. The fourth-order valence-electron chi connectivity index (χ4n) is 3.04. The number of carbonyl (C=O) groups excluding carboxylic acids is 1. The molecule has 0 N–H and O–H groups in total. The van der Waals surface area contributed by atoms with Crippen LogP contribution in [0.5, 0.6) is 0 Å². The molecule has 1 fully saturated rings. The largest absolute Gasteiger partial charge is 0.444 e. The summed E-state index contributed by atoms with van der Waals surface area (Å²) < 4.78 is 8.38. The van der Waals surface area contributed by atoms with Gasteiger partial charge in [-0.05, 0) is 68.1 Å². The van der Waals surface area contributed by atoms with Gasteiger partial charge in [-0.25, -0.2) is 9.48 Å². The third kappa shape index (κ3) is 3.71. The first-order valence-corrected chi connectivity index (χ1v) is 9.12. The molecule has 7 heteroatoms. The molecule has 1 aliphatic heterocycles. The third-order valence-corrected chi connectivity index (χ3v) is 4.77. The van der Waals surface area contributed by atoms with Crippen LogP contribution in [-0.2, 0) is 11.3 Å². The second-order valence-corrected chi connectivity index (χ2v) is 8.06. The van der Waals surface area contributed by atoms with Gasteiger partial charge in [-0.1, -0.05) is 11.3 Å². The van der Waals surface area contributed by atoms with E-state index < -0.39 is 5.60 Å². The van der Waals surface area contributed by atoms with Gasteiger partial charge >= 0.3 is 6.09 Å². The van der Waals surface area contributed by atoms with Crippen LogP contribution in [0.3, 0.4) is 0 Å². The van der Waals surface area contributed by atoms with Crippen molar-refractivity contribution >= 4 is 33.1 Å². The Balaban J connectivity index is 1.80. The van der Waals surface area contributed by atoms with Gasteiger partial charge in [0.15, 0.2) is 0 Å². The van der Waals surface area contributed by atoms with Crippen molar-refractivity contribution in [2.24, 2.45) is 0 Å². The average molecular weight is 395 g/mol. The van der Waals surface area contributed by atoms with Crippen molar-refractivity contribution in [2.45, 2.75) is 58.2 Å². The molecule has 0 bridgehead atoms. The van der Waals surface area contributed by atoms with Crippen LogP contribution < -0.4 is 0 Å². The molecule has 1 aromatic heterocycles. The summed E-state index contributed by atoms with van der Waals surface area (Å²) in [4.78, 5) is 14.4. The first-order valence-electron chi connectivity index (χ1n) is 8.32. The fourth-order valence-corrected chi connectivity index (χ4v) is 3.48. The van der Waals surface area contributed by atoms with Crippen molar-refractivity contribution in [3.63, 3.8) is 0 Å². The molecule has 2 aromatic rings. The highest BCUT2D eigenvalue weighted by Gasteiger charge is 2.31. The summed E-state index contributed by atoms with van der Waals surface area (Å²) in [6.45, 7) is 7.05. The molecule has 1 aliphatic rings. The summed E-state index contributed by atoms with van der Waals surface area (Å²) in [6.07, 6.45) is 2.84. The van der Waals surface area contributed by atoms with Crippen LogP contribution in [0.2, 0.25) is 0 Å². The van der Waals surface area contributed by atoms with Crippen LogP contribution >= 0.6 is 15.9 Å². The van der Waals surface area contributed by atoms with Crippen molar-refractivity contribution in [1.29, 1.82) is 0 Å². The summed E-state index contributed by atoms with van der Waals surface area (Å²) in [5.41, 5.74) is 1.33. The van der Waals surface area contributed by atoms with Crippen molar-refractivity contribution < 1.29 is 9.53 Å². The highest BCUT2D eigenvalue weighted by Crippen LogP contribution is 2.25. The molecule has 1 unspecified atom stereocenters. The Kier molecular flexibility index (Phi) is 4.80. The van der Waals surface area contributed by atoms with Gasteiger partial charge in [-0.3, -0.25) is 0 Å². The number of nitrogens with zero attached hydrogens (tertiary/aromatic N) is 4. The molecule has 0 radical (unpaired) electrons. The Morgan fingerprint density at radius 1 is 1.38 bits per heavy atom. The number of halogens is 1. The molecule has 130 valence electrons. The minimum atomic E-state index is -0.482. The minimum absolute atomic E-state index is 0.0810. The molecule has 24 heavy (non-hydrogen) atoms. The molecule has 6 nitrogen and oxygen atoms in total. The zero-order chi connectivity index (χ0) is 17.3. The normalized spacial score (nSPS) is 18.8. The highest BCUT2D eigenvalue weighted by atomic mass is 79.9. The van der Waals surface area contributed by atoms with Crippen LogP contribution in [0.4, 0.5) is 4.79 Å². The summed E-state index contributed by atoms with van der Waals surface area (Å²) in [6, 6.07) is 6.01. The number of rotatable bonds is 2. The minimum Gasteiger partial charge on any atom is -0.444 e. The predicted octanol–water partition coefficient (Wildman–Crippen LogP) is 3.98. The quantitative estimate of drug-likeness (QED) is 0.772. The lowest BCUT2D eigenvalue weighted by Crippen LogP contribution is -2.48. The number of amides is 1. The number of carbonyl (C=O) groups is 1. The van der Waals surface area contributed by atoms with Gasteiger partial charge in [0.25, 0.3) is 0 Å². The van der Waals surface area contributed by atoms with Crippen LogP contribution in [0.1, 0.15) is 40.0 Å². The Morgan fingerprint density at radius 2 is 2.17 bits per heavy atom. The highest BCUT2D eigenvalue weighted by molar-refractivity contribution is 9.10. The van der Waals surface area contributed by atoms with Crippen molar-refractivity contribution in [3.05, 3.63) is 22.7 Å².